The molecule has 4 nitrogen and oxygen atoms in total. The summed E-state index contributed by atoms with van der Waals surface area (Å²) in [5.74, 6) is 3.50. The van der Waals surface area contributed by atoms with Crippen LogP contribution < -0.4 is 5.32 Å². The zero-order chi connectivity index (χ0) is 16.3. The molecule has 6 rings (SSSR count). The van der Waals surface area contributed by atoms with Gasteiger partial charge in [-0.2, -0.15) is 0 Å². The molecular formula is C20H30N2O2. The Balaban J connectivity index is 1.18. The van der Waals surface area contributed by atoms with Gasteiger partial charge in [-0.15, -0.1) is 0 Å². The predicted octanol–water partition coefficient (Wildman–Crippen LogP) is 2.72. The Bertz CT molecular complexity index is 511. The Morgan fingerprint density at radius 2 is 1.38 bits per heavy atom. The molecule has 24 heavy (non-hydrogen) atoms. The van der Waals surface area contributed by atoms with Crippen LogP contribution in [-0.4, -0.2) is 35.8 Å². The molecule has 0 aromatic carbocycles. The standard InChI is InChI=1S/C20H30N2O2/c23-18(16-1-2-16)22-5-3-17(4-6-22)21-19(24)20-10-13-7-14(11-20)9-15(8-13)12-20/h13-17H,1-12H2,(H,21,24). The second-order valence-electron chi connectivity index (χ2n) is 9.55. The smallest absolute Gasteiger partial charge is 0.226 e. The normalized spacial score (nSPS) is 41.5. The summed E-state index contributed by atoms with van der Waals surface area (Å²) in [4.78, 5) is 27.3. The highest BCUT2D eigenvalue weighted by molar-refractivity contribution is 5.84. The van der Waals surface area contributed by atoms with Gasteiger partial charge in [0.1, 0.15) is 0 Å². The number of piperidine rings is 1. The van der Waals surface area contributed by atoms with Crippen molar-refractivity contribution >= 4 is 11.8 Å². The minimum absolute atomic E-state index is 0.0320. The van der Waals surface area contributed by atoms with Gasteiger partial charge < -0.3 is 10.2 Å². The van der Waals surface area contributed by atoms with Crippen LogP contribution >= 0.6 is 0 Å². The van der Waals surface area contributed by atoms with E-state index < -0.39 is 0 Å². The Hall–Kier alpha value is -1.06. The number of hydrogen-bond acceptors (Lipinski definition) is 2. The molecule has 0 atom stereocenters. The van der Waals surface area contributed by atoms with Crippen molar-refractivity contribution in [2.75, 3.05) is 13.1 Å². The van der Waals surface area contributed by atoms with Crippen LogP contribution in [0.25, 0.3) is 0 Å². The molecule has 5 aliphatic carbocycles. The van der Waals surface area contributed by atoms with Crippen LogP contribution in [0.2, 0.25) is 0 Å². The number of nitrogens with one attached hydrogen (secondary N) is 1. The molecule has 132 valence electrons. The van der Waals surface area contributed by atoms with Crippen LogP contribution in [0.1, 0.15) is 64.2 Å². The molecule has 0 spiro atoms. The number of amides is 2. The predicted molar refractivity (Wildman–Crippen MR) is 91.1 cm³/mol. The number of nitrogens with zero attached hydrogens (tertiary/aromatic N) is 1. The molecular weight excluding hydrogens is 300 g/mol. The lowest BCUT2D eigenvalue weighted by molar-refractivity contribution is -0.147. The summed E-state index contributed by atoms with van der Waals surface area (Å²) >= 11 is 0. The Labute approximate surface area is 144 Å². The molecule has 0 aromatic heterocycles. The van der Waals surface area contributed by atoms with Gasteiger partial charge in [-0.25, -0.2) is 0 Å². The highest BCUT2D eigenvalue weighted by Gasteiger charge is 2.54. The van der Waals surface area contributed by atoms with Crippen LogP contribution in [0.5, 0.6) is 0 Å². The Morgan fingerprint density at radius 1 is 0.833 bits per heavy atom. The van der Waals surface area contributed by atoms with Gasteiger partial charge in [0.25, 0.3) is 0 Å². The Kier molecular flexibility index (Phi) is 3.47. The molecule has 4 bridgehead atoms. The summed E-state index contributed by atoms with van der Waals surface area (Å²) in [7, 11) is 0. The van der Waals surface area contributed by atoms with Gasteiger partial charge in [-0.05, 0) is 82.0 Å². The zero-order valence-corrected chi connectivity index (χ0v) is 14.6. The van der Waals surface area contributed by atoms with Gasteiger partial charge in [-0.3, -0.25) is 9.59 Å². The highest BCUT2D eigenvalue weighted by atomic mass is 16.2. The molecule has 6 fully saturated rings. The lowest BCUT2D eigenvalue weighted by Crippen LogP contribution is -2.56. The lowest BCUT2D eigenvalue weighted by Gasteiger charge is -2.56. The van der Waals surface area contributed by atoms with Crippen LogP contribution in [0.15, 0.2) is 0 Å². The minimum Gasteiger partial charge on any atom is -0.353 e. The van der Waals surface area contributed by atoms with E-state index in [1.165, 1.54) is 19.3 Å². The van der Waals surface area contributed by atoms with Gasteiger partial charge in [0.15, 0.2) is 0 Å². The molecule has 0 unspecified atom stereocenters. The van der Waals surface area contributed by atoms with E-state index in [1.807, 2.05) is 4.90 Å². The van der Waals surface area contributed by atoms with E-state index in [0.29, 0.717) is 17.7 Å². The largest absolute Gasteiger partial charge is 0.353 e. The van der Waals surface area contributed by atoms with E-state index in [2.05, 4.69) is 5.32 Å². The topological polar surface area (TPSA) is 49.4 Å². The Morgan fingerprint density at radius 3 is 1.88 bits per heavy atom. The molecule has 0 radical (unpaired) electrons. The molecule has 1 N–H and O–H groups in total. The van der Waals surface area contributed by atoms with E-state index in [0.717, 1.165) is 75.8 Å². The van der Waals surface area contributed by atoms with Crippen molar-refractivity contribution in [1.29, 1.82) is 0 Å². The molecule has 6 aliphatic rings. The number of carbonyl (C=O) groups is 2. The van der Waals surface area contributed by atoms with Crippen LogP contribution in [0.4, 0.5) is 0 Å². The first-order valence-corrected chi connectivity index (χ1v) is 10.2. The maximum absolute atomic E-state index is 13.1. The fraction of sp³-hybridized carbons (Fsp3) is 0.900. The summed E-state index contributed by atoms with van der Waals surface area (Å²) in [5, 5.41) is 3.40. The highest BCUT2D eigenvalue weighted by Crippen LogP contribution is 2.60. The first-order chi connectivity index (χ1) is 11.6. The molecule has 4 heteroatoms. The molecule has 1 heterocycles. The summed E-state index contributed by atoms with van der Waals surface area (Å²) < 4.78 is 0. The average molecular weight is 330 g/mol. The van der Waals surface area contributed by atoms with Crippen molar-refractivity contribution in [3.8, 4) is 0 Å². The van der Waals surface area contributed by atoms with Gasteiger partial charge in [-0.1, -0.05) is 0 Å². The lowest BCUT2D eigenvalue weighted by atomic mass is 9.49. The van der Waals surface area contributed by atoms with Crippen molar-refractivity contribution in [3.05, 3.63) is 0 Å². The number of hydrogen-bond donors (Lipinski definition) is 1. The van der Waals surface area contributed by atoms with Crippen molar-refractivity contribution < 1.29 is 9.59 Å². The maximum atomic E-state index is 13.1. The number of rotatable bonds is 3. The SMILES string of the molecule is O=C(C1CC1)N1CCC(NC(=O)C23CC4CC(CC(C4)C2)C3)CC1. The van der Waals surface area contributed by atoms with E-state index in [-0.39, 0.29) is 11.5 Å². The second kappa shape index (κ2) is 5.47. The first kappa shape index (κ1) is 15.2. The van der Waals surface area contributed by atoms with Crippen molar-refractivity contribution in [3.63, 3.8) is 0 Å². The van der Waals surface area contributed by atoms with Crippen LogP contribution in [-0.2, 0) is 9.59 Å². The van der Waals surface area contributed by atoms with Gasteiger partial charge in [0, 0.05) is 30.5 Å². The van der Waals surface area contributed by atoms with E-state index >= 15 is 0 Å². The molecule has 2 amide bonds. The molecule has 5 saturated carbocycles. The van der Waals surface area contributed by atoms with Crippen molar-refractivity contribution in [2.45, 2.75) is 70.3 Å². The third-order valence-corrected chi connectivity index (χ3v) is 7.59. The van der Waals surface area contributed by atoms with Crippen LogP contribution in [0, 0.1) is 29.1 Å². The zero-order valence-electron chi connectivity index (χ0n) is 14.6. The average Bonchev–Trinajstić information content (AvgIpc) is 3.38. The monoisotopic (exact) mass is 330 g/mol. The molecule has 1 aliphatic heterocycles. The summed E-state index contributed by atoms with van der Waals surface area (Å²) in [6, 6.07) is 0.286. The van der Waals surface area contributed by atoms with Crippen molar-refractivity contribution in [2.24, 2.45) is 29.1 Å². The number of likely N-dealkylation sites (tertiary alicyclic amines) is 1. The quantitative estimate of drug-likeness (QED) is 0.865. The molecule has 1 saturated heterocycles. The third-order valence-electron chi connectivity index (χ3n) is 7.59. The first-order valence-electron chi connectivity index (χ1n) is 10.2. The van der Waals surface area contributed by atoms with Gasteiger partial charge in [0.2, 0.25) is 11.8 Å². The van der Waals surface area contributed by atoms with E-state index in [9.17, 15) is 9.59 Å². The number of carbonyl (C=O) groups excluding carboxylic acids is 2. The fourth-order valence-corrected chi connectivity index (χ4v) is 6.56. The third kappa shape index (κ3) is 2.57. The van der Waals surface area contributed by atoms with Crippen molar-refractivity contribution in [1.82, 2.24) is 10.2 Å². The summed E-state index contributed by atoms with van der Waals surface area (Å²) in [5.41, 5.74) is -0.0320. The van der Waals surface area contributed by atoms with E-state index in [1.54, 1.807) is 0 Å². The van der Waals surface area contributed by atoms with Crippen LogP contribution in [0.3, 0.4) is 0 Å². The summed E-state index contributed by atoms with van der Waals surface area (Å²) in [6.07, 6.45) is 11.6. The second-order valence-corrected chi connectivity index (χ2v) is 9.55. The fourth-order valence-electron chi connectivity index (χ4n) is 6.56. The van der Waals surface area contributed by atoms with Gasteiger partial charge in [0.05, 0.1) is 0 Å². The molecule has 0 aromatic rings. The summed E-state index contributed by atoms with van der Waals surface area (Å²) in [6.45, 7) is 1.67. The maximum Gasteiger partial charge on any atom is 0.226 e. The van der Waals surface area contributed by atoms with Gasteiger partial charge >= 0.3 is 0 Å². The minimum atomic E-state index is -0.0320. The van der Waals surface area contributed by atoms with E-state index in [4.69, 9.17) is 0 Å².